The Morgan fingerprint density at radius 2 is 1.50 bits per heavy atom. The highest BCUT2D eigenvalue weighted by Gasteiger charge is 2.33. The van der Waals surface area contributed by atoms with E-state index in [-0.39, 0.29) is 23.4 Å². The molecule has 1 atom stereocenters. The van der Waals surface area contributed by atoms with E-state index in [0.29, 0.717) is 10.7 Å². The summed E-state index contributed by atoms with van der Waals surface area (Å²) in [5.74, 6) is -0.725. The molecule has 0 radical (unpaired) electrons. The number of rotatable bonds is 10. The molecule has 1 saturated carbocycles. The Morgan fingerprint density at radius 3 is 2.11 bits per heavy atom. The van der Waals surface area contributed by atoms with E-state index in [1.54, 1.807) is 37.3 Å². The Morgan fingerprint density at radius 1 is 0.921 bits per heavy atom. The number of benzene rings is 3. The first-order valence-electron chi connectivity index (χ1n) is 12.7. The van der Waals surface area contributed by atoms with Gasteiger partial charge in [0, 0.05) is 17.6 Å². The second-order valence-electron chi connectivity index (χ2n) is 9.47. The first-order chi connectivity index (χ1) is 18.3. The highest BCUT2D eigenvalue weighted by atomic mass is 35.5. The number of halogens is 1. The molecular weight excluding hydrogens is 522 g/mol. The van der Waals surface area contributed by atoms with Gasteiger partial charge in [-0.2, -0.15) is 0 Å². The van der Waals surface area contributed by atoms with E-state index >= 15 is 0 Å². The van der Waals surface area contributed by atoms with Gasteiger partial charge in [0.1, 0.15) is 12.6 Å². The monoisotopic (exact) mass is 553 g/mol. The summed E-state index contributed by atoms with van der Waals surface area (Å²) >= 11 is 5.98. The molecule has 0 unspecified atom stereocenters. The van der Waals surface area contributed by atoms with E-state index in [4.69, 9.17) is 11.6 Å². The van der Waals surface area contributed by atoms with E-state index in [2.05, 4.69) is 5.32 Å². The summed E-state index contributed by atoms with van der Waals surface area (Å²) in [5, 5.41) is 3.47. The second-order valence-corrected chi connectivity index (χ2v) is 11.8. The smallest absolute Gasteiger partial charge is 0.264 e. The van der Waals surface area contributed by atoms with Crippen LogP contribution in [0.3, 0.4) is 0 Å². The Hall–Kier alpha value is -3.36. The van der Waals surface area contributed by atoms with Crippen molar-refractivity contribution >= 4 is 39.1 Å². The normalized spacial score (nSPS) is 14.6. The Kier molecular flexibility index (Phi) is 9.07. The van der Waals surface area contributed by atoms with Crippen LogP contribution in [0.5, 0.6) is 0 Å². The van der Waals surface area contributed by atoms with Crippen LogP contribution >= 0.6 is 11.6 Å². The quantitative estimate of drug-likeness (QED) is 0.382. The molecule has 1 aliphatic rings. The Balaban J connectivity index is 1.65. The fourth-order valence-electron chi connectivity index (χ4n) is 4.61. The molecule has 4 rings (SSSR count). The van der Waals surface area contributed by atoms with Gasteiger partial charge in [0.05, 0.1) is 10.6 Å². The van der Waals surface area contributed by atoms with E-state index in [1.165, 1.54) is 29.2 Å². The molecule has 200 valence electrons. The zero-order chi connectivity index (χ0) is 27.1. The lowest BCUT2D eigenvalue weighted by Gasteiger charge is -2.32. The van der Waals surface area contributed by atoms with E-state index in [1.807, 2.05) is 30.3 Å². The van der Waals surface area contributed by atoms with Gasteiger partial charge in [0.15, 0.2) is 0 Å². The lowest BCUT2D eigenvalue weighted by Crippen LogP contribution is -2.52. The van der Waals surface area contributed by atoms with Crippen LogP contribution in [0.25, 0.3) is 0 Å². The number of hydrogen-bond donors (Lipinski definition) is 1. The number of amides is 2. The van der Waals surface area contributed by atoms with Crippen molar-refractivity contribution in [1.29, 1.82) is 0 Å². The summed E-state index contributed by atoms with van der Waals surface area (Å²) in [6, 6.07) is 23.0. The molecule has 0 heterocycles. The van der Waals surface area contributed by atoms with E-state index in [0.717, 1.165) is 35.6 Å². The first kappa shape index (κ1) is 27.7. The van der Waals surface area contributed by atoms with Crippen LogP contribution in [0, 0.1) is 0 Å². The average Bonchev–Trinajstić information content (AvgIpc) is 3.44. The van der Waals surface area contributed by atoms with Crippen molar-refractivity contribution in [2.24, 2.45) is 0 Å². The molecule has 2 amide bonds. The molecule has 0 saturated heterocycles. The maximum atomic E-state index is 13.9. The molecule has 0 bridgehead atoms. The van der Waals surface area contributed by atoms with Crippen LogP contribution in [0.1, 0.15) is 38.2 Å². The third-order valence-corrected chi connectivity index (χ3v) is 8.83. The van der Waals surface area contributed by atoms with Crippen LogP contribution in [0.2, 0.25) is 5.02 Å². The molecule has 9 heteroatoms. The fraction of sp³-hybridized carbons (Fsp3) is 0.310. The van der Waals surface area contributed by atoms with Crippen molar-refractivity contribution in [1.82, 2.24) is 10.2 Å². The lowest BCUT2D eigenvalue weighted by molar-refractivity contribution is -0.139. The van der Waals surface area contributed by atoms with Crippen molar-refractivity contribution in [2.45, 2.75) is 56.1 Å². The highest BCUT2D eigenvalue weighted by Crippen LogP contribution is 2.25. The minimum atomic E-state index is -4.11. The summed E-state index contributed by atoms with van der Waals surface area (Å²) in [6.45, 7) is 1.39. The first-order valence-corrected chi connectivity index (χ1v) is 14.5. The molecule has 0 aromatic heterocycles. The molecule has 0 aliphatic heterocycles. The predicted octanol–water partition coefficient (Wildman–Crippen LogP) is 5.01. The van der Waals surface area contributed by atoms with Crippen LogP contribution in [-0.2, 0) is 26.2 Å². The summed E-state index contributed by atoms with van der Waals surface area (Å²) in [5.41, 5.74) is 1.19. The van der Waals surface area contributed by atoms with Gasteiger partial charge in [-0.3, -0.25) is 13.9 Å². The maximum absolute atomic E-state index is 13.9. The topological polar surface area (TPSA) is 86.8 Å². The van der Waals surface area contributed by atoms with Crippen molar-refractivity contribution < 1.29 is 18.0 Å². The van der Waals surface area contributed by atoms with Crippen LogP contribution in [0.15, 0.2) is 89.8 Å². The van der Waals surface area contributed by atoms with Gasteiger partial charge in [0.2, 0.25) is 11.8 Å². The number of nitrogens with zero attached hydrogens (tertiary/aromatic N) is 2. The maximum Gasteiger partial charge on any atom is 0.264 e. The molecule has 1 fully saturated rings. The molecule has 1 aliphatic carbocycles. The minimum absolute atomic E-state index is 0.0141. The van der Waals surface area contributed by atoms with Crippen molar-refractivity contribution in [3.8, 4) is 0 Å². The molecule has 38 heavy (non-hydrogen) atoms. The Labute approximate surface area is 229 Å². The van der Waals surface area contributed by atoms with Gasteiger partial charge in [-0.25, -0.2) is 8.42 Å². The third-order valence-electron chi connectivity index (χ3n) is 6.79. The summed E-state index contributed by atoms with van der Waals surface area (Å²) < 4.78 is 28.5. The zero-order valence-electron chi connectivity index (χ0n) is 21.3. The number of hydrogen-bond acceptors (Lipinski definition) is 4. The lowest BCUT2D eigenvalue weighted by atomic mass is 10.1. The summed E-state index contributed by atoms with van der Waals surface area (Å²) in [6.07, 6.45) is 3.99. The van der Waals surface area contributed by atoms with Gasteiger partial charge in [0.25, 0.3) is 10.0 Å². The Bertz CT molecular complexity index is 1330. The van der Waals surface area contributed by atoms with Crippen LogP contribution in [-0.4, -0.2) is 43.8 Å². The number of para-hydroxylation sites is 1. The summed E-state index contributed by atoms with van der Waals surface area (Å²) in [7, 11) is -4.11. The zero-order valence-corrected chi connectivity index (χ0v) is 22.9. The van der Waals surface area contributed by atoms with Crippen LogP contribution in [0.4, 0.5) is 5.69 Å². The fourth-order valence-corrected chi connectivity index (χ4v) is 6.15. The molecule has 7 nitrogen and oxygen atoms in total. The number of carbonyl (C=O) groups excluding carboxylic acids is 2. The van der Waals surface area contributed by atoms with Crippen molar-refractivity contribution in [3.05, 3.63) is 95.5 Å². The van der Waals surface area contributed by atoms with Gasteiger partial charge in [-0.1, -0.05) is 73.0 Å². The van der Waals surface area contributed by atoms with E-state index in [9.17, 15) is 18.0 Å². The highest BCUT2D eigenvalue weighted by molar-refractivity contribution is 7.92. The van der Waals surface area contributed by atoms with Gasteiger partial charge >= 0.3 is 0 Å². The largest absolute Gasteiger partial charge is 0.352 e. The molecule has 3 aromatic carbocycles. The van der Waals surface area contributed by atoms with E-state index < -0.39 is 28.5 Å². The molecule has 1 N–H and O–H groups in total. The van der Waals surface area contributed by atoms with Gasteiger partial charge in [-0.05, 0) is 61.7 Å². The van der Waals surface area contributed by atoms with Crippen molar-refractivity contribution in [3.63, 3.8) is 0 Å². The number of anilines is 1. The standard InChI is InChI=1S/C29H32ClN3O4S/c1-22(29(35)31-25-12-8-9-13-25)32(20-23-10-4-2-5-11-23)28(34)21-33(26-14-6-3-7-15-26)38(36,37)27-18-16-24(30)17-19-27/h2-7,10-11,14-19,22,25H,8-9,12-13,20-21H2,1H3,(H,31,35)/t22-/m0/s1. The van der Waals surface area contributed by atoms with Gasteiger partial charge < -0.3 is 10.2 Å². The predicted molar refractivity (Wildman–Crippen MR) is 149 cm³/mol. The van der Waals surface area contributed by atoms with Crippen molar-refractivity contribution in [2.75, 3.05) is 10.8 Å². The molecule has 3 aromatic rings. The molecule has 0 spiro atoms. The SMILES string of the molecule is C[C@@H](C(=O)NC1CCCC1)N(Cc1ccccc1)C(=O)CN(c1ccccc1)S(=O)(=O)c1ccc(Cl)cc1. The second kappa shape index (κ2) is 12.5. The van der Waals surface area contributed by atoms with Crippen LogP contribution < -0.4 is 9.62 Å². The minimum Gasteiger partial charge on any atom is -0.352 e. The third kappa shape index (κ3) is 6.74. The number of carbonyl (C=O) groups is 2. The average molecular weight is 554 g/mol. The van der Waals surface area contributed by atoms with Gasteiger partial charge in [-0.15, -0.1) is 0 Å². The molecular formula is C29H32ClN3O4S. The summed E-state index contributed by atoms with van der Waals surface area (Å²) in [4.78, 5) is 28.5. The number of sulfonamides is 1. The number of nitrogens with one attached hydrogen (secondary N) is 1.